The van der Waals surface area contributed by atoms with Crippen LogP contribution in [-0.2, 0) is 5.41 Å². The molecule has 1 N–H and O–H groups in total. The van der Waals surface area contributed by atoms with Gasteiger partial charge in [0, 0.05) is 6.92 Å². The summed E-state index contributed by atoms with van der Waals surface area (Å²) in [6.07, 6.45) is 1.000. The predicted molar refractivity (Wildman–Crippen MR) is 49.6 cm³/mol. The van der Waals surface area contributed by atoms with Crippen molar-refractivity contribution in [3.8, 4) is 5.75 Å². The van der Waals surface area contributed by atoms with Gasteiger partial charge in [-0.15, -0.1) is 0 Å². The molecule has 1 aliphatic carbocycles. The van der Waals surface area contributed by atoms with Crippen molar-refractivity contribution in [3.63, 3.8) is 0 Å². The SMILES string of the molecule is CC(F)(F)C1(c2cccc(O)c2)CC1. The Labute approximate surface area is 81.4 Å². The van der Waals surface area contributed by atoms with E-state index in [9.17, 15) is 13.9 Å². The van der Waals surface area contributed by atoms with E-state index in [4.69, 9.17) is 0 Å². The summed E-state index contributed by atoms with van der Waals surface area (Å²) in [5, 5.41) is 9.22. The van der Waals surface area contributed by atoms with Crippen LogP contribution >= 0.6 is 0 Å². The molecule has 0 unspecified atom stereocenters. The monoisotopic (exact) mass is 198 g/mol. The first-order valence-electron chi connectivity index (χ1n) is 4.63. The molecule has 0 aliphatic heterocycles. The van der Waals surface area contributed by atoms with Crippen molar-refractivity contribution in [1.29, 1.82) is 0 Å². The van der Waals surface area contributed by atoms with Crippen LogP contribution in [0.1, 0.15) is 25.3 Å². The topological polar surface area (TPSA) is 20.2 Å². The lowest BCUT2D eigenvalue weighted by molar-refractivity contribution is -0.0200. The Balaban J connectivity index is 2.41. The standard InChI is InChI=1S/C11H12F2O/c1-10(12,13)11(5-6-11)8-3-2-4-9(14)7-8/h2-4,7,14H,5-6H2,1H3. The van der Waals surface area contributed by atoms with Gasteiger partial charge < -0.3 is 5.11 Å². The summed E-state index contributed by atoms with van der Waals surface area (Å²) in [6.45, 7) is 0.948. The number of halogens is 2. The van der Waals surface area contributed by atoms with Crippen LogP contribution in [0.5, 0.6) is 5.75 Å². The van der Waals surface area contributed by atoms with Gasteiger partial charge in [0.15, 0.2) is 0 Å². The molecule has 1 fully saturated rings. The third kappa shape index (κ3) is 1.27. The van der Waals surface area contributed by atoms with Crippen molar-refractivity contribution in [2.24, 2.45) is 0 Å². The highest BCUT2D eigenvalue weighted by molar-refractivity contribution is 5.39. The van der Waals surface area contributed by atoms with Crippen LogP contribution in [0.2, 0.25) is 0 Å². The van der Waals surface area contributed by atoms with Crippen LogP contribution in [0.3, 0.4) is 0 Å². The van der Waals surface area contributed by atoms with Gasteiger partial charge in [0.1, 0.15) is 5.75 Å². The van der Waals surface area contributed by atoms with E-state index in [0.29, 0.717) is 18.4 Å². The van der Waals surface area contributed by atoms with E-state index in [1.165, 1.54) is 12.1 Å². The van der Waals surface area contributed by atoms with Crippen molar-refractivity contribution in [2.75, 3.05) is 0 Å². The number of hydrogen-bond acceptors (Lipinski definition) is 1. The van der Waals surface area contributed by atoms with Crippen molar-refractivity contribution in [1.82, 2.24) is 0 Å². The molecule has 1 nitrogen and oxygen atoms in total. The first kappa shape index (κ1) is 9.44. The number of hydrogen-bond donors (Lipinski definition) is 1. The van der Waals surface area contributed by atoms with Crippen molar-refractivity contribution in [2.45, 2.75) is 31.1 Å². The summed E-state index contributed by atoms with van der Waals surface area (Å²) in [5.74, 6) is -2.65. The molecule has 0 atom stereocenters. The van der Waals surface area contributed by atoms with Gasteiger partial charge in [-0.25, -0.2) is 8.78 Å². The molecule has 14 heavy (non-hydrogen) atoms. The molecule has 0 saturated heterocycles. The van der Waals surface area contributed by atoms with Crippen molar-refractivity contribution in [3.05, 3.63) is 29.8 Å². The van der Waals surface area contributed by atoms with E-state index in [2.05, 4.69) is 0 Å². The second-order valence-electron chi connectivity index (χ2n) is 4.02. The maximum Gasteiger partial charge on any atom is 0.254 e. The number of phenolic OH excluding ortho intramolecular Hbond substituents is 1. The Morgan fingerprint density at radius 1 is 1.36 bits per heavy atom. The first-order chi connectivity index (χ1) is 6.46. The molecule has 3 heteroatoms. The summed E-state index contributed by atoms with van der Waals surface area (Å²) in [7, 11) is 0. The number of benzene rings is 1. The zero-order chi connectivity index (χ0) is 10.4. The highest BCUT2D eigenvalue weighted by Gasteiger charge is 2.59. The maximum atomic E-state index is 13.3. The normalized spacial score (nSPS) is 19.4. The molecular weight excluding hydrogens is 186 g/mol. The summed E-state index contributed by atoms with van der Waals surface area (Å²) >= 11 is 0. The van der Waals surface area contributed by atoms with Gasteiger partial charge in [0.25, 0.3) is 5.92 Å². The highest BCUT2D eigenvalue weighted by Crippen LogP contribution is 2.58. The van der Waals surface area contributed by atoms with Gasteiger partial charge in [-0.3, -0.25) is 0 Å². The van der Waals surface area contributed by atoms with Gasteiger partial charge in [0.05, 0.1) is 5.41 Å². The molecule has 2 rings (SSSR count). The van der Waals surface area contributed by atoms with E-state index in [0.717, 1.165) is 6.92 Å². The lowest BCUT2D eigenvalue weighted by Gasteiger charge is -2.23. The smallest absolute Gasteiger partial charge is 0.254 e. The van der Waals surface area contributed by atoms with Crippen LogP contribution in [0.25, 0.3) is 0 Å². The summed E-state index contributed by atoms with van der Waals surface area (Å²) < 4.78 is 26.6. The lowest BCUT2D eigenvalue weighted by atomic mass is 9.90. The lowest BCUT2D eigenvalue weighted by Crippen LogP contribution is -2.29. The third-order valence-corrected chi connectivity index (χ3v) is 2.99. The molecule has 1 saturated carbocycles. The van der Waals surface area contributed by atoms with Crippen LogP contribution < -0.4 is 0 Å². The molecule has 76 valence electrons. The Kier molecular flexibility index (Phi) is 1.81. The number of phenols is 1. The third-order valence-electron chi connectivity index (χ3n) is 2.99. The van der Waals surface area contributed by atoms with Crippen molar-refractivity contribution >= 4 is 0 Å². The minimum Gasteiger partial charge on any atom is -0.508 e. The zero-order valence-electron chi connectivity index (χ0n) is 7.93. The van der Waals surface area contributed by atoms with Crippen LogP contribution in [0.4, 0.5) is 8.78 Å². The molecule has 0 aromatic heterocycles. The van der Waals surface area contributed by atoms with Gasteiger partial charge in [-0.2, -0.15) is 0 Å². The fourth-order valence-electron chi connectivity index (χ4n) is 1.91. The van der Waals surface area contributed by atoms with E-state index >= 15 is 0 Å². The quantitative estimate of drug-likeness (QED) is 0.774. The minimum absolute atomic E-state index is 0.0537. The van der Waals surface area contributed by atoms with Gasteiger partial charge in [0.2, 0.25) is 0 Å². The second kappa shape index (κ2) is 2.69. The summed E-state index contributed by atoms with van der Waals surface area (Å²) in [6, 6.07) is 6.19. The minimum atomic E-state index is -2.71. The molecule has 0 spiro atoms. The predicted octanol–water partition coefficient (Wildman–Crippen LogP) is 3.08. The van der Waals surface area contributed by atoms with E-state index in [1.54, 1.807) is 12.1 Å². The maximum absolute atomic E-state index is 13.3. The fourth-order valence-corrected chi connectivity index (χ4v) is 1.91. The van der Waals surface area contributed by atoms with E-state index < -0.39 is 11.3 Å². The molecular formula is C11H12F2O. The number of rotatable bonds is 2. The molecule has 0 heterocycles. The van der Waals surface area contributed by atoms with Crippen LogP contribution in [0.15, 0.2) is 24.3 Å². The highest BCUT2D eigenvalue weighted by atomic mass is 19.3. The second-order valence-corrected chi connectivity index (χ2v) is 4.02. The van der Waals surface area contributed by atoms with E-state index in [-0.39, 0.29) is 5.75 Å². The average Bonchev–Trinajstić information content (AvgIpc) is 2.82. The van der Waals surface area contributed by atoms with Gasteiger partial charge >= 0.3 is 0 Å². The summed E-state index contributed by atoms with van der Waals surface area (Å²) in [4.78, 5) is 0. The summed E-state index contributed by atoms with van der Waals surface area (Å²) in [5.41, 5.74) is -0.476. The molecule has 1 aliphatic rings. The molecule has 0 amide bonds. The largest absolute Gasteiger partial charge is 0.508 e. The molecule has 0 bridgehead atoms. The Morgan fingerprint density at radius 3 is 2.43 bits per heavy atom. The number of aromatic hydroxyl groups is 1. The van der Waals surface area contributed by atoms with E-state index in [1.807, 2.05) is 0 Å². The Morgan fingerprint density at radius 2 is 2.00 bits per heavy atom. The van der Waals surface area contributed by atoms with Crippen LogP contribution in [-0.4, -0.2) is 11.0 Å². The van der Waals surface area contributed by atoms with Crippen LogP contribution in [0, 0.1) is 0 Å². The Hall–Kier alpha value is -1.12. The average molecular weight is 198 g/mol. The fraction of sp³-hybridized carbons (Fsp3) is 0.455. The van der Waals surface area contributed by atoms with Crippen molar-refractivity contribution < 1.29 is 13.9 Å². The zero-order valence-corrected chi connectivity index (χ0v) is 7.93. The number of alkyl halides is 2. The molecule has 0 radical (unpaired) electrons. The van der Waals surface area contributed by atoms with Gasteiger partial charge in [-0.1, -0.05) is 12.1 Å². The molecule has 1 aromatic carbocycles. The molecule has 1 aromatic rings. The Bertz CT molecular complexity index is 351. The first-order valence-corrected chi connectivity index (χ1v) is 4.63. The van der Waals surface area contributed by atoms with Gasteiger partial charge in [-0.05, 0) is 30.5 Å².